The summed E-state index contributed by atoms with van der Waals surface area (Å²) >= 11 is 0. The highest BCUT2D eigenvalue weighted by Gasteiger charge is 2.16. The quantitative estimate of drug-likeness (QED) is 0.340. The predicted octanol–water partition coefficient (Wildman–Crippen LogP) is 8.35. The van der Waals surface area contributed by atoms with Crippen molar-refractivity contribution in [3.8, 4) is 0 Å². The highest BCUT2D eigenvalue weighted by atomic mass is 14.9. The molecule has 0 saturated heterocycles. The number of anilines is 2. The minimum absolute atomic E-state index is 0.311. The molecule has 2 atom stereocenters. The molecule has 1 nitrogen and oxygen atoms in total. The van der Waals surface area contributed by atoms with Crippen LogP contribution in [0.5, 0.6) is 0 Å². The lowest BCUT2D eigenvalue weighted by Crippen LogP contribution is -2.05. The predicted molar refractivity (Wildman–Crippen MR) is 134 cm³/mol. The van der Waals surface area contributed by atoms with Gasteiger partial charge in [-0.3, -0.25) is 0 Å². The number of hydrogen-bond donors (Lipinski definition) is 1. The van der Waals surface area contributed by atoms with Gasteiger partial charge in [-0.1, -0.05) is 110 Å². The summed E-state index contributed by atoms with van der Waals surface area (Å²) < 4.78 is 0. The SMILES string of the molecule is Cc1ccc(C(C)c2ccccc2Nc2ccccc2C(C)c2ccc(C)cc2)cc1. The topological polar surface area (TPSA) is 12.0 Å². The van der Waals surface area contributed by atoms with E-state index in [1.807, 2.05) is 0 Å². The van der Waals surface area contributed by atoms with Gasteiger partial charge >= 0.3 is 0 Å². The maximum atomic E-state index is 3.77. The van der Waals surface area contributed by atoms with Crippen molar-refractivity contribution in [1.29, 1.82) is 0 Å². The molecule has 0 amide bonds. The molecule has 0 aliphatic carbocycles. The molecule has 4 rings (SSSR count). The third kappa shape index (κ3) is 4.72. The van der Waals surface area contributed by atoms with Crippen molar-refractivity contribution in [3.05, 3.63) is 130 Å². The van der Waals surface area contributed by atoms with Crippen molar-refractivity contribution in [2.45, 2.75) is 39.5 Å². The van der Waals surface area contributed by atoms with Gasteiger partial charge in [-0.25, -0.2) is 0 Å². The van der Waals surface area contributed by atoms with E-state index in [4.69, 9.17) is 0 Å². The van der Waals surface area contributed by atoms with E-state index >= 15 is 0 Å². The second-order valence-electron chi connectivity index (χ2n) is 8.56. The van der Waals surface area contributed by atoms with Crippen LogP contribution in [0.3, 0.4) is 0 Å². The number of nitrogens with one attached hydrogen (secondary N) is 1. The Morgan fingerprint density at radius 1 is 0.484 bits per heavy atom. The Morgan fingerprint density at radius 3 is 1.23 bits per heavy atom. The molecule has 4 aromatic carbocycles. The summed E-state index contributed by atoms with van der Waals surface area (Å²) in [6.07, 6.45) is 0. The molecule has 0 bridgehead atoms. The summed E-state index contributed by atoms with van der Waals surface area (Å²) in [6.45, 7) is 8.84. The Labute approximate surface area is 186 Å². The van der Waals surface area contributed by atoms with E-state index in [0.717, 1.165) is 0 Å². The van der Waals surface area contributed by atoms with Crippen molar-refractivity contribution in [1.82, 2.24) is 0 Å². The van der Waals surface area contributed by atoms with Crippen LogP contribution in [-0.2, 0) is 0 Å². The summed E-state index contributed by atoms with van der Waals surface area (Å²) in [5.74, 6) is 0.622. The largest absolute Gasteiger partial charge is 0.355 e. The molecule has 0 radical (unpaired) electrons. The van der Waals surface area contributed by atoms with E-state index in [1.165, 1.54) is 44.8 Å². The lowest BCUT2D eigenvalue weighted by atomic mass is 9.90. The van der Waals surface area contributed by atoms with Gasteiger partial charge in [0.25, 0.3) is 0 Å². The Bertz CT molecular complexity index is 1050. The smallest absolute Gasteiger partial charge is 0.0423 e. The van der Waals surface area contributed by atoms with Gasteiger partial charge in [0.1, 0.15) is 0 Å². The monoisotopic (exact) mass is 405 g/mol. The fourth-order valence-electron chi connectivity index (χ4n) is 4.19. The summed E-state index contributed by atoms with van der Waals surface area (Å²) in [4.78, 5) is 0. The molecule has 0 aliphatic rings. The minimum atomic E-state index is 0.311. The molecule has 1 N–H and O–H groups in total. The first-order valence-corrected chi connectivity index (χ1v) is 11.1. The van der Waals surface area contributed by atoms with Crippen molar-refractivity contribution in [2.24, 2.45) is 0 Å². The molecular formula is C30H31N. The van der Waals surface area contributed by atoms with Crippen molar-refractivity contribution in [3.63, 3.8) is 0 Å². The summed E-state index contributed by atoms with van der Waals surface area (Å²) in [5, 5.41) is 3.77. The van der Waals surface area contributed by atoms with E-state index in [2.05, 4.69) is 130 Å². The first-order chi connectivity index (χ1) is 15.0. The van der Waals surface area contributed by atoms with E-state index in [9.17, 15) is 0 Å². The maximum absolute atomic E-state index is 3.77. The van der Waals surface area contributed by atoms with Crippen LogP contribution >= 0.6 is 0 Å². The zero-order valence-electron chi connectivity index (χ0n) is 18.9. The van der Waals surface area contributed by atoms with Crippen LogP contribution in [0, 0.1) is 13.8 Å². The molecule has 31 heavy (non-hydrogen) atoms. The van der Waals surface area contributed by atoms with E-state index < -0.39 is 0 Å². The maximum Gasteiger partial charge on any atom is 0.0423 e. The van der Waals surface area contributed by atoms with Gasteiger partial charge in [0.15, 0.2) is 0 Å². The van der Waals surface area contributed by atoms with Crippen LogP contribution in [0.25, 0.3) is 0 Å². The molecule has 0 spiro atoms. The highest BCUT2D eigenvalue weighted by Crippen LogP contribution is 2.35. The van der Waals surface area contributed by atoms with Crippen LogP contribution in [0.1, 0.15) is 59.1 Å². The van der Waals surface area contributed by atoms with Crippen LogP contribution in [0.4, 0.5) is 11.4 Å². The molecule has 2 unspecified atom stereocenters. The lowest BCUT2D eigenvalue weighted by Gasteiger charge is -2.22. The van der Waals surface area contributed by atoms with Gasteiger partial charge in [-0.2, -0.15) is 0 Å². The average Bonchev–Trinajstić information content (AvgIpc) is 2.80. The Hall–Kier alpha value is -3.32. The molecule has 0 aromatic heterocycles. The number of para-hydroxylation sites is 2. The third-order valence-electron chi connectivity index (χ3n) is 6.28. The van der Waals surface area contributed by atoms with Crippen LogP contribution < -0.4 is 5.32 Å². The first kappa shape index (κ1) is 20.9. The molecular weight excluding hydrogens is 374 g/mol. The molecule has 156 valence electrons. The van der Waals surface area contributed by atoms with Crippen LogP contribution in [-0.4, -0.2) is 0 Å². The normalized spacial score (nSPS) is 12.9. The van der Waals surface area contributed by atoms with Crippen molar-refractivity contribution in [2.75, 3.05) is 5.32 Å². The average molecular weight is 406 g/mol. The van der Waals surface area contributed by atoms with E-state index in [-0.39, 0.29) is 0 Å². The molecule has 0 fully saturated rings. The first-order valence-electron chi connectivity index (χ1n) is 11.1. The van der Waals surface area contributed by atoms with E-state index in [1.54, 1.807) is 0 Å². The fourth-order valence-corrected chi connectivity index (χ4v) is 4.19. The number of aryl methyl sites for hydroxylation is 2. The van der Waals surface area contributed by atoms with Gasteiger partial charge in [0.2, 0.25) is 0 Å². The third-order valence-corrected chi connectivity index (χ3v) is 6.28. The molecule has 0 aliphatic heterocycles. The Balaban J connectivity index is 1.66. The molecule has 0 saturated carbocycles. The molecule has 0 heterocycles. The highest BCUT2D eigenvalue weighted by molar-refractivity contribution is 5.68. The fraction of sp³-hybridized carbons (Fsp3) is 0.200. The Morgan fingerprint density at radius 2 is 0.839 bits per heavy atom. The Kier molecular flexibility index (Phi) is 6.23. The van der Waals surface area contributed by atoms with Gasteiger partial charge < -0.3 is 5.32 Å². The standard InChI is InChI=1S/C30H31N/c1-21-13-17-25(18-14-21)23(3)27-9-5-7-11-29(27)31-30-12-8-6-10-28(30)24(4)26-19-15-22(2)16-20-26/h5-20,23-24,31H,1-4H3. The van der Waals surface area contributed by atoms with Crippen molar-refractivity contribution >= 4 is 11.4 Å². The minimum Gasteiger partial charge on any atom is -0.355 e. The molecule has 1 heteroatoms. The zero-order valence-corrected chi connectivity index (χ0v) is 18.9. The zero-order chi connectivity index (χ0) is 21.8. The summed E-state index contributed by atoms with van der Waals surface area (Å²) in [7, 11) is 0. The second kappa shape index (κ2) is 9.22. The summed E-state index contributed by atoms with van der Waals surface area (Å²) in [6, 6.07) is 35.1. The molecule has 4 aromatic rings. The van der Waals surface area contributed by atoms with Gasteiger partial charge in [-0.05, 0) is 48.2 Å². The van der Waals surface area contributed by atoms with E-state index in [0.29, 0.717) is 11.8 Å². The summed E-state index contributed by atoms with van der Waals surface area (Å²) in [5.41, 5.74) is 10.2. The lowest BCUT2D eigenvalue weighted by molar-refractivity contribution is 0.916. The second-order valence-corrected chi connectivity index (χ2v) is 8.56. The number of rotatable bonds is 6. The van der Waals surface area contributed by atoms with Crippen LogP contribution in [0.2, 0.25) is 0 Å². The van der Waals surface area contributed by atoms with Gasteiger partial charge in [0, 0.05) is 23.2 Å². The van der Waals surface area contributed by atoms with Crippen LogP contribution in [0.15, 0.2) is 97.1 Å². The number of hydrogen-bond acceptors (Lipinski definition) is 1. The number of benzene rings is 4. The van der Waals surface area contributed by atoms with Crippen molar-refractivity contribution < 1.29 is 0 Å². The van der Waals surface area contributed by atoms with Gasteiger partial charge in [-0.15, -0.1) is 0 Å². The van der Waals surface area contributed by atoms with Gasteiger partial charge in [0.05, 0.1) is 0 Å².